The van der Waals surface area contributed by atoms with E-state index >= 15 is 0 Å². The minimum absolute atomic E-state index is 0.255. The number of rotatable bonds is 6. The summed E-state index contributed by atoms with van der Waals surface area (Å²) in [7, 11) is 0. The fourth-order valence-corrected chi connectivity index (χ4v) is 1.88. The highest BCUT2D eigenvalue weighted by Gasteiger charge is 2.33. The van der Waals surface area contributed by atoms with E-state index in [1.165, 1.54) is 6.92 Å². The first-order chi connectivity index (χ1) is 9.79. The van der Waals surface area contributed by atoms with Gasteiger partial charge in [-0.25, -0.2) is 4.79 Å². The molecule has 0 radical (unpaired) electrons. The summed E-state index contributed by atoms with van der Waals surface area (Å²) < 4.78 is 9.53. The van der Waals surface area contributed by atoms with Crippen molar-refractivity contribution < 1.29 is 33.8 Å². The quantitative estimate of drug-likeness (QED) is 0.501. The van der Waals surface area contributed by atoms with E-state index in [4.69, 9.17) is 9.84 Å². The molecule has 0 aromatic rings. The maximum atomic E-state index is 11.9. The predicted molar refractivity (Wildman–Crippen MR) is 68.2 cm³/mol. The van der Waals surface area contributed by atoms with E-state index in [9.17, 15) is 19.2 Å². The number of esters is 2. The third-order valence-corrected chi connectivity index (χ3v) is 2.81. The number of hydrogen-bond acceptors (Lipinski definition) is 7. The molecular formula is C12H18N2O7. The topological polar surface area (TPSA) is 131 Å². The first-order valence-electron chi connectivity index (χ1n) is 6.36. The lowest BCUT2D eigenvalue weighted by atomic mass is 10.1. The molecular weight excluding hydrogens is 284 g/mol. The Kier molecular flexibility index (Phi) is 6.10. The fraction of sp³-hybridized carbons (Fsp3) is 0.667. The summed E-state index contributed by atoms with van der Waals surface area (Å²) in [6, 6.07) is -1.98. The van der Waals surface area contributed by atoms with Crippen LogP contribution in [-0.2, 0) is 28.7 Å². The highest BCUT2D eigenvalue weighted by atomic mass is 16.5. The van der Waals surface area contributed by atoms with Gasteiger partial charge in [0.25, 0.3) is 0 Å². The molecule has 0 aromatic heterocycles. The first-order valence-corrected chi connectivity index (χ1v) is 6.36. The third kappa shape index (κ3) is 5.78. The second kappa shape index (κ2) is 7.58. The Bertz CT molecular complexity index is 437. The molecule has 3 atom stereocenters. The van der Waals surface area contributed by atoms with Gasteiger partial charge in [-0.2, -0.15) is 0 Å². The third-order valence-electron chi connectivity index (χ3n) is 2.81. The van der Waals surface area contributed by atoms with Crippen molar-refractivity contribution in [1.29, 1.82) is 0 Å². The zero-order valence-electron chi connectivity index (χ0n) is 11.8. The number of amides is 1. The van der Waals surface area contributed by atoms with E-state index in [1.807, 2.05) is 0 Å². The number of ether oxygens (including phenoxy) is 2. The SMILES string of the molecule is CC(=O)OC[C@H](NC(=O)[C@@H]1C[C@@H](OC(C)=O)CN1)C(=O)O. The van der Waals surface area contributed by atoms with Gasteiger partial charge in [0.1, 0.15) is 12.7 Å². The van der Waals surface area contributed by atoms with Crippen LogP contribution in [0.4, 0.5) is 0 Å². The molecule has 1 heterocycles. The number of carboxylic acids is 1. The normalized spacial score (nSPS) is 22.2. The second-order valence-electron chi connectivity index (χ2n) is 4.63. The van der Waals surface area contributed by atoms with Crippen LogP contribution in [0.2, 0.25) is 0 Å². The lowest BCUT2D eigenvalue weighted by molar-refractivity contribution is -0.149. The lowest BCUT2D eigenvalue weighted by Crippen LogP contribution is -2.50. The number of carbonyl (C=O) groups excluding carboxylic acids is 3. The van der Waals surface area contributed by atoms with Gasteiger partial charge < -0.3 is 25.2 Å². The molecule has 0 bridgehead atoms. The highest BCUT2D eigenvalue weighted by molar-refractivity contribution is 5.87. The van der Waals surface area contributed by atoms with Crippen molar-refractivity contribution in [2.45, 2.75) is 38.5 Å². The van der Waals surface area contributed by atoms with Crippen LogP contribution in [0.1, 0.15) is 20.3 Å². The Morgan fingerprint density at radius 3 is 2.48 bits per heavy atom. The zero-order valence-corrected chi connectivity index (χ0v) is 11.8. The molecule has 0 aromatic carbocycles. The molecule has 0 saturated carbocycles. The van der Waals surface area contributed by atoms with Crippen LogP contribution in [0.3, 0.4) is 0 Å². The fourth-order valence-electron chi connectivity index (χ4n) is 1.88. The van der Waals surface area contributed by atoms with Crippen molar-refractivity contribution >= 4 is 23.8 Å². The summed E-state index contributed by atoms with van der Waals surface area (Å²) in [6.45, 7) is 2.28. The van der Waals surface area contributed by atoms with Crippen LogP contribution in [0, 0.1) is 0 Å². The van der Waals surface area contributed by atoms with Crippen molar-refractivity contribution in [2.24, 2.45) is 0 Å². The Morgan fingerprint density at radius 1 is 1.29 bits per heavy atom. The van der Waals surface area contributed by atoms with E-state index in [1.54, 1.807) is 0 Å². The average molecular weight is 302 g/mol. The summed E-state index contributed by atoms with van der Waals surface area (Å²) >= 11 is 0. The summed E-state index contributed by atoms with van der Waals surface area (Å²) in [5.41, 5.74) is 0. The smallest absolute Gasteiger partial charge is 0.329 e. The van der Waals surface area contributed by atoms with E-state index < -0.39 is 48.6 Å². The molecule has 9 nitrogen and oxygen atoms in total. The lowest BCUT2D eigenvalue weighted by Gasteiger charge is -2.17. The van der Waals surface area contributed by atoms with Gasteiger partial charge in [-0.15, -0.1) is 0 Å². The molecule has 0 spiro atoms. The van der Waals surface area contributed by atoms with Gasteiger partial charge in [0.05, 0.1) is 6.04 Å². The van der Waals surface area contributed by atoms with Crippen molar-refractivity contribution in [3.8, 4) is 0 Å². The van der Waals surface area contributed by atoms with Crippen LogP contribution < -0.4 is 10.6 Å². The van der Waals surface area contributed by atoms with Crippen LogP contribution in [0.15, 0.2) is 0 Å². The van der Waals surface area contributed by atoms with Crippen LogP contribution in [0.25, 0.3) is 0 Å². The molecule has 1 fully saturated rings. The second-order valence-corrected chi connectivity index (χ2v) is 4.63. The molecule has 1 aliphatic rings. The van der Waals surface area contributed by atoms with Gasteiger partial charge in [-0.3, -0.25) is 14.4 Å². The largest absolute Gasteiger partial charge is 0.480 e. The highest BCUT2D eigenvalue weighted by Crippen LogP contribution is 2.11. The van der Waals surface area contributed by atoms with Gasteiger partial charge in [-0.1, -0.05) is 0 Å². The predicted octanol–water partition coefficient (Wildman–Crippen LogP) is -1.59. The van der Waals surface area contributed by atoms with E-state index in [0.717, 1.165) is 6.92 Å². The van der Waals surface area contributed by atoms with Crippen molar-refractivity contribution in [1.82, 2.24) is 10.6 Å². The Morgan fingerprint density at radius 2 is 1.95 bits per heavy atom. The van der Waals surface area contributed by atoms with E-state index in [-0.39, 0.29) is 6.42 Å². The van der Waals surface area contributed by atoms with Gasteiger partial charge >= 0.3 is 17.9 Å². The maximum absolute atomic E-state index is 11.9. The minimum Gasteiger partial charge on any atom is -0.480 e. The Hall–Kier alpha value is -2.16. The summed E-state index contributed by atoms with van der Waals surface area (Å²) in [4.78, 5) is 44.4. The van der Waals surface area contributed by atoms with Gasteiger partial charge in [-0.05, 0) is 0 Å². The number of carboxylic acid groups (broad SMARTS) is 1. The van der Waals surface area contributed by atoms with Gasteiger partial charge in [0, 0.05) is 26.8 Å². The molecule has 0 aliphatic carbocycles. The van der Waals surface area contributed by atoms with Crippen LogP contribution >= 0.6 is 0 Å². The molecule has 21 heavy (non-hydrogen) atoms. The molecule has 1 saturated heterocycles. The molecule has 9 heteroatoms. The molecule has 1 amide bonds. The molecule has 1 rings (SSSR count). The zero-order chi connectivity index (χ0) is 16.0. The molecule has 3 N–H and O–H groups in total. The Labute approximate surface area is 121 Å². The van der Waals surface area contributed by atoms with Gasteiger partial charge in [0.2, 0.25) is 5.91 Å². The van der Waals surface area contributed by atoms with E-state index in [0.29, 0.717) is 6.54 Å². The number of hydrogen-bond donors (Lipinski definition) is 3. The molecule has 118 valence electrons. The maximum Gasteiger partial charge on any atom is 0.329 e. The number of carbonyl (C=O) groups is 4. The summed E-state index contributed by atoms with van der Waals surface area (Å²) in [6.07, 6.45) is -0.166. The van der Waals surface area contributed by atoms with Crippen molar-refractivity contribution in [3.63, 3.8) is 0 Å². The monoisotopic (exact) mass is 302 g/mol. The summed E-state index contributed by atoms with van der Waals surface area (Å²) in [5, 5.41) is 14.1. The number of nitrogens with one attached hydrogen (secondary N) is 2. The van der Waals surface area contributed by atoms with Crippen LogP contribution in [-0.4, -0.2) is 60.3 Å². The molecule has 1 aliphatic heterocycles. The van der Waals surface area contributed by atoms with Crippen molar-refractivity contribution in [3.05, 3.63) is 0 Å². The standard InChI is InChI=1S/C12H18N2O7/c1-6(15)20-5-10(12(18)19)14-11(17)9-3-8(4-13-9)21-7(2)16/h8-10,13H,3-5H2,1-2H3,(H,14,17)(H,18,19)/t8-,9+,10+/m1/s1. The number of aliphatic carboxylic acids is 1. The van der Waals surface area contributed by atoms with Crippen molar-refractivity contribution in [2.75, 3.05) is 13.2 Å². The Balaban J connectivity index is 2.48. The van der Waals surface area contributed by atoms with E-state index in [2.05, 4.69) is 15.4 Å². The minimum atomic E-state index is -1.32. The molecule has 0 unspecified atom stereocenters. The average Bonchev–Trinajstić information content (AvgIpc) is 2.81. The van der Waals surface area contributed by atoms with Crippen LogP contribution in [0.5, 0.6) is 0 Å². The van der Waals surface area contributed by atoms with Gasteiger partial charge in [0.15, 0.2) is 6.04 Å². The first kappa shape index (κ1) is 16.9. The summed E-state index contributed by atoms with van der Waals surface area (Å²) in [5.74, 6) is -2.94.